The van der Waals surface area contributed by atoms with E-state index in [-0.39, 0.29) is 5.97 Å². The minimum absolute atomic E-state index is 0.167. The molecule has 1 aliphatic heterocycles. The molecular weight excluding hydrogens is 254 g/mol. The number of carbonyl (C=O) groups is 1. The van der Waals surface area contributed by atoms with Crippen molar-refractivity contribution in [1.82, 2.24) is 15.1 Å². The first-order valence-corrected chi connectivity index (χ1v) is 7.85. The van der Waals surface area contributed by atoms with Gasteiger partial charge in [0.25, 0.3) is 0 Å². The standard InChI is InChI=1S/C15H29N3O2/c1-4-16-15(2,14(19)20-3)12-18-9-7-17(8-10-18)11-13-5-6-13/h13,16H,4-12H2,1-3H3. The molecule has 1 aliphatic carbocycles. The van der Waals surface area contributed by atoms with Gasteiger partial charge in [0.15, 0.2) is 0 Å². The van der Waals surface area contributed by atoms with Gasteiger partial charge in [0.05, 0.1) is 7.11 Å². The summed E-state index contributed by atoms with van der Waals surface area (Å²) >= 11 is 0. The average molecular weight is 283 g/mol. The van der Waals surface area contributed by atoms with E-state index in [0.717, 1.165) is 45.2 Å². The number of ether oxygens (including phenoxy) is 1. The number of likely N-dealkylation sites (N-methyl/N-ethyl adjacent to an activating group) is 1. The van der Waals surface area contributed by atoms with Crippen LogP contribution in [0.3, 0.4) is 0 Å². The molecule has 2 aliphatic rings. The summed E-state index contributed by atoms with van der Waals surface area (Å²) in [4.78, 5) is 16.9. The van der Waals surface area contributed by atoms with Crippen molar-refractivity contribution in [1.29, 1.82) is 0 Å². The highest BCUT2D eigenvalue weighted by molar-refractivity contribution is 5.80. The quantitative estimate of drug-likeness (QED) is 0.692. The Morgan fingerprint density at radius 3 is 2.35 bits per heavy atom. The van der Waals surface area contributed by atoms with Crippen LogP contribution in [-0.4, -0.2) is 74.2 Å². The van der Waals surface area contributed by atoms with Gasteiger partial charge < -0.3 is 15.0 Å². The van der Waals surface area contributed by atoms with Crippen LogP contribution in [0.2, 0.25) is 0 Å². The molecule has 0 radical (unpaired) electrons. The number of hydrogen-bond acceptors (Lipinski definition) is 5. The molecule has 20 heavy (non-hydrogen) atoms. The summed E-state index contributed by atoms with van der Waals surface area (Å²) in [6.45, 7) is 11.1. The summed E-state index contributed by atoms with van der Waals surface area (Å²) in [7, 11) is 1.46. The molecule has 0 aromatic carbocycles. The molecule has 2 fully saturated rings. The summed E-state index contributed by atoms with van der Waals surface area (Å²) in [6, 6.07) is 0. The van der Waals surface area contributed by atoms with Gasteiger partial charge in [0, 0.05) is 39.3 Å². The van der Waals surface area contributed by atoms with E-state index in [0.29, 0.717) is 0 Å². The minimum Gasteiger partial charge on any atom is -0.468 e. The largest absolute Gasteiger partial charge is 0.468 e. The first-order chi connectivity index (χ1) is 9.57. The Hall–Kier alpha value is -0.650. The normalized spacial score (nSPS) is 24.4. The Balaban J connectivity index is 1.80. The summed E-state index contributed by atoms with van der Waals surface area (Å²) in [5, 5.41) is 3.28. The zero-order valence-corrected chi connectivity index (χ0v) is 13.2. The summed E-state index contributed by atoms with van der Waals surface area (Å²) < 4.78 is 4.95. The SMILES string of the molecule is CCNC(C)(CN1CCN(CC2CC2)CC1)C(=O)OC. The molecule has 0 bridgehead atoms. The Morgan fingerprint density at radius 1 is 1.25 bits per heavy atom. The van der Waals surface area contributed by atoms with Crippen molar-refractivity contribution in [3.8, 4) is 0 Å². The predicted molar refractivity (Wildman–Crippen MR) is 79.7 cm³/mol. The molecule has 1 saturated carbocycles. The number of rotatable bonds is 7. The van der Waals surface area contributed by atoms with Crippen molar-refractivity contribution in [3.05, 3.63) is 0 Å². The Kier molecular flexibility index (Phi) is 5.41. The molecule has 5 heteroatoms. The van der Waals surface area contributed by atoms with Crippen LogP contribution < -0.4 is 5.32 Å². The van der Waals surface area contributed by atoms with E-state index < -0.39 is 5.54 Å². The first kappa shape index (κ1) is 15.7. The molecule has 2 rings (SSSR count). The van der Waals surface area contributed by atoms with Crippen LogP contribution >= 0.6 is 0 Å². The van der Waals surface area contributed by atoms with Crippen molar-refractivity contribution in [3.63, 3.8) is 0 Å². The average Bonchev–Trinajstić information content (AvgIpc) is 3.24. The fourth-order valence-corrected chi connectivity index (χ4v) is 3.05. The van der Waals surface area contributed by atoms with E-state index in [1.807, 2.05) is 13.8 Å². The van der Waals surface area contributed by atoms with E-state index in [2.05, 4.69) is 15.1 Å². The van der Waals surface area contributed by atoms with Crippen molar-refractivity contribution < 1.29 is 9.53 Å². The third-order valence-corrected chi connectivity index (χ3v) is 4.42. The second-order valence-electron chi connectivity index (χ2n) is 6.37. The lowest BCUT2D eigenvalue weighted by Gasteiger charge is -2.39. The maximum atomic E-state index is 12.0. The van der Waals surface area contributed by atoms with Crippen molar-refractivity contribution in [2.75, 3.05) is 52.9 Å². The maximum absolute atomic E-state index is 12.0. The van der Waals surface area contributed by atoms with Gasteiger partial charge in [-0.05, 0) is 32.2 Å². The van der Waals surface area contributed by atoms with E-state index >= 15 is 0 Å². The second kappa shape index (κ2) is 6.87. The van der Waals surface area contributed by atoms with Gasteiger partial charge in [0.1, 0.15) is 5.54 Å². The second-order valence-corrected chi connectivity index (χ2v) is 6.37. The van der Waals surface area contributed by atoms with Crippen molar-refractivity contribution in [2.24, 2.45) is 5.92 Å². The first-order valence-electron chi connectivity index (χ1n) is 7.85. The fraction of sp³-hybridized carbons (Fsp3) is 0.933. The molecule has 116 valence electrons. The highest BCUT2D eigenvalue weighted by atomic mass is 16.5. The number of esters is 1. The zero-order valence-electron chi connectivity index (χ0n) is 13.2. The van der Waals surface area contributed by atoms with Gasteiger partial charge >= 0.3 is 5.97 Å². The van der Waals surface area contributed by atoms with Gasteiger partial charge in [-0.3, -0.25) is 9.69 Å². The topological polar surface area (TPSA) is 44.8 Å². The Labute approximate surface area is 122 Å². The van der Waals surface area contributed by atoms with E-state index in [9.17, 15) is 4.79 Å². The predicted octanol–water partition coefficient (Wildman–Crippen LogP) is 0.555. The molecule has 1 saturated heterocycles. The van der Waals surface area contributed by atoms with Gasteiger partial charge in [-0.2, -0.15) is 0 Å². The lowest BCUT2D eigenvalue weighted by molar-refractivity contribution is -0.149. The smallest absolute Gasteiger partial charge is 0.327 e. The molecule has 0 aromatic rings. The maximum Gasteiger partial charge on any atom is 0.327 e. The molecule has 5 nitrogen and oxygen atoms in total. The van der Waals surface area contributed by atoms with Crippen LogP contribution in [0, 0.1) is 5.92 Å². The van der Waals surface area contributed by atoms with Gasteiger partial charge in [-0.15, -0.1) is 0 Å². The zero-order chi connectivity index (χ0) is 14.6. The van der Waals surface area contributed by atoms with E-state index in [1.54, 1.807) is 0 Å². The van der Waals surface area contributed by atoms with Crippen LogP contribution in [-0.2, 0) is 9.53 Å². The van der Waals surface area contributed by atoms with Crippen molar-refractivity contribution in [2.45, 2.75) is 32.2 Å². The van der Waals surface area contributed by atoms with E-state index in [4.69, 9.17) is 4.74 Å². The lowest BCUT2D eigenvalue weighted by atomic mass is 10.0. The number of piperazine rings is 1. The monoisotopic (exact) mass is 283 g/mol. The summed E-state index contributed by atoms with van der Waals surface area (Å²) in [5.74, 6) is 0.795. The molecule has 0 spiro atoms. The number of methoxy groups -OCH3 is 1. The number of carbonyl (C=O) groups excluding carboxylic acids is 1. The van der Waals surface area contributed by atoms with Gasteiger partial charge in [-0.25, -0.2) is 0 Å². The molecule has 1 atom stereocenters. The summed E-state index contributed by atoms with van der Waals surface area (Å²) in [6.07, 6.45) is 2.84. The molecular formula is C15H29N3O2. The minimum atomic E-state index is -0.595. The van der Waals surface area contributed by atoms with Gasteiger partial charge in [-0.1, -0.05) is 6.92 Å². The third-order valence-electron chi connectivity index (χ3n) is 4.42. The number of nitrogens with zero attached hydrogens (tertiary/aromatic N) is 2. The van der Waals surface area contributed by atoms with Gasteiger partial charge in [0.2, 0.25) is 0 Å². The van der Waals surface area contributed by atoms with Crippen LogP contribution in [0.25, 0.3) is 0 Å². The van der Waals surface area contributed by atoms with E-state index in [1.165, 1.54) is 26.5 Å². The van der Waals surface area contributed by atoms with Crippen LogP contribution in [0.15, 0.2) is 0 Å². The van der Waals surface area contributed by atoms with Crippen LogP contribution in [0.4, 0.5) is 0 Å². The molecule has 1 heterocycles. The molecule has 0 amide bonds. The van der Waals surface area contributed by atoms with Crippen LogP contribution in [0.1, 0.15) is 26.7 Å². The van der Waals surface area contributed by atoms with Crippen LogP contribution in [0.5, 0.6) is 0 Å². The fourth-order valence-electron chi connectivity index (χ4n) is 3.05. The van der Waals surface area contributed by atoms with Crippen molar-refractivity contribution >= 4 is 5.97 Å². The highest BCUT2D eigenvalue weighted by Crippen LogP contribution is 2.30. The Bertz CT molecular complexity index is 325. The molecule has 1 unspecified atom stereocenters. The third kappa shape index (κ3) is 4.17. The molecule has 0 aromatic heterocycles. The number of hydrogen-bond donors (Lipinski definition) is 1. The lowest BCUT2D eigenvalue weighted by Crippen LogP contribution is -2.60. The highest BCUT2D eigenvalue weighted by Gasteiger charge is 2.36. The molecule has 1 N–H and O–H groups in total. The Morgan fingerprint density at radius 2 is 1.85 bits per heavy atom. The summed E-state index contributed by atoms with van der Waals surface area (Å²) in [5.41, 5.74) is -0.595. The number of nitrogens with one attached hydrogen (secondary N) is 1.